The van der Waals surface area contributed by atoms with E-state index in [1.54, 1.807) is 6.07 Å². The number of phenols is 1. The van der Waals surface area contributed by atoms with Gasteiger partial charge in [-0.05, 0) is 50.3 Å². The number of hydrogen-bond donors (Lipinski definition) is 5. The number of carbonyl (C=O) groups is 3. The fourth-order valence-electron chi connectivity index (χ4n) is 5.03. The zero-order chi connectivity index (χ0) is 23.5. The third kappa shape index (κ3) is 2.97. The van der Waals surface area contributed by atoms with Crippen LogP contribution in [0.4, 0.5) is 0 Å². The molecule has 1 unspecified atom stereocenters. The summed E-state index contributed by atoms with van der Waals surface area (Å²) in [6, 6.07) is 2.85. The van der Waals surface area contributed by atoms with E-state index >= 15 is 0 Å². The Morgan fingerprint density at radius 2 is 1.88 bits per heavy atom. The van der Waals surface area contributed by atoms with E-state index in [1.165, 1.54) is 13.0 Å². The number of hydrogen-bond acceptors (Lipinski definition) is 8. The first-order valence-corrected chi connectivity index (χ1v) is 10.2. The summed E-state index contributed by atoms with van der Waals surface area (Å²) in [4.78, 5) is 37.7. The van der Waals surface area contributed by atoms with Gasteiger partial charge in [-0.2, -0.15) is 0 Å². The molecular weight excluding hydrogens is 416 g/mol. The first-order chi connectivity index (χ1) is 15.0. The topological polar surface area (TPSA) is 152 Å². The van der Waals surface area contributed by atoms with Crippen molar-refractivity contribution in [1.82, 2.24) is 0 Å². The van der Waals surface area contributed by atoms with Crippen molar-refractivity contribution in [1.29, 1.82) is 0 Å². The van der Waals surface area contributed by atoms with Crippen LogP contribution in [0.5, 0.6) is 5.75 Å². The Labute approximate surface area is 183 Å². The smallest absolute Gasteiger partial charge is 0.202 e. The number of phenolic OH excluding ortho intramolecular Hbond substituents is 1. The summed E-state index contributed by atoms with van der Waals surface area (Å²) in [6.45, 7) is 2.55. The molecule has 1 aromatic carbocycles. The molecule has 4 rings (SSSR count). The molecule has 0 bridgehead atoms. The molecule has 1 fully saturated rings. The molecule has 0 amide bonds. The second-order valence-electron chi connectivity index (χ2n) is 8.53. The zero-order valence-electron chi connectivity index (χ0n) is 17.5. The molecule has 8 nitrogen and oxygen atoms in total. The highest BCUT2D eigenvalue weighted by atomic mass is 16.3. The molecule has 5 N–H and O–H groups in total. The molecule has 3 aliphatic rings. The third-order valence-electron chi connectivity index (χ3n) is 6.47. The minimum atomic E-state index is -2.51. The van der Waals surface area contributed by atoms with Crippen molar-refractivity contribution in [3.05, 3.63) is 45.7 Å². The first kappa shape index (κ1) is 21.8. The maximum atomic E-state index is 13.4. The van der Waals surface area contributed by atoms with Crippen molar-refractivity contribution in [3.8, 4) is 17.6 Å². The van der Waals surface area contributed by atoms with E-state index in [9.17, 15) is 39.9 Å². The van der Waals surface area contributed by atoms with Gasteiger partial charge in [0.25, 0.3) is 0 Å². The lowest BCUT2D eigenvalue weighted by Crippen LogP contribution is -2.57. The van der Waals surface area contributed by atoms with Crippen molar-refractivity contribution in [3.63, 3.8) is 0 Å². The van der Waals surface area contributed by atoms with E-state index in [-0.39, 0.29) is 36.1 Å². The predicted octanol–water partition coefficient (Wildman–Crippen LogP) is 1.26. The SMILES string of the molecule is CC(=O)C1=C(O)[C@@]2(O)C(=O)C3=C(O)c4c(O)ccc(C#CC(C)O)c4C[C@H]3C[C@H]2CC1=O. The fourth-order valence-corrected chi connectivity index (χ4v) is 5.03. The maximum Gasteiger partial charge on any atom is 0.202 e. The van der Waals surface area contributed by atoms with Gasteiger partial charge in [0.15, 0.2) is 17.2 Å². The van der Waals surface area contributed by atoms with Crippen LogP contribution in [0.3, 0.4) is 0 Å². The lowest BCUT2D eigenvalue weighted by molar-refractivity contribution is -0.147. The van der Waals surface area contributed by atoms with Gasteiger partial charge in [0.2, 0.25) is 5.78 Å². The van der Waals surface area contributed by atoms with E-state index in [0.717, 1.165) is 6.92 Å². The molecule has 8 heteroatoms. The Morgan fingerprint density at radius 1 is 1.19 bits per heavy atom. The molecule has 4 atom stereocenters. The molecule has 0 spiro atoms. The van der Waals surface area contributed by atoms with E-state index in [0.29, 0.717) is 11.1 Å². The number of Topliss-reactive ketones (excluding diaryl/α,β-unsaturated/α-hetero) is 3. The van der Waals surface area contributed by atoms with Crippen LogP contribution in [0.1, 0.15) is 43.4 Å². The number of carbonyl (C=O) groups excluding carboxylic acids is 3. The summed E-state index contributed by atoms with van der Waals surface area (Å²) < 4.78 is 0. The minimum absolute atomic E-state index is 0.00816. The highest BCUT2D eigenvalue weighted by Crippen LogP contribution is 2.52. The Bertz CT molecular complexity index is 1210. The van der Waals surface area contributed by atoms with Crippen molar-refractivity contribution in [2.24, 2.45) is 11.8 Å². The van der Waals surface area contributed by atoms with Gasteiger partial charge in [-0.25, -0.2) is 0 Å². The van der Waals surface area contributed by atoms with Crippen LogP contribution in [0, 0.1) is 23.7 Å². The van der Waals surface area contributed by atoms with Crippen molar-refractivity contribution in [2.45, 2.75) is 44.8 Å². The Morgan fingerprint density at radius 3 is 2.50 bits per heavy atom. The van der Waals surface area contributed by atoms with Gasteiger partial charge < -0.3 is 25.5 Å². The van der Waals surface area contributed by atoms with E-state index in [4.69, 9.17) is 0 Å². The van der Waals surface area contributed by atoms with Gasteiger partial charge in [-0.15, -0.1) is 0 Å². The van der Waals surface area contributed by atoms with Gasteiger partial charge in [-0.1, -0.05) is 11.8 Å². The van der Waals surface area contributed by atoms with E-state index in [1.807, 2.05) is 0 Å². The average Bonchev–Trinajstić information content (AvgIpc) is 2.69. The van der Waals surface area contributed by atoms with Gasteiger partial charge in [0.05, 0.1) is 5.56 Å². The molecule has 0 heterocycles. The minimum Gasteiger partial charge on any atom is -0.508 e. The van der Waals surface area contributed by atoms with Gasteiger partial charge in [0, 0.05) is 23.5 Å². The summed E-state index contributed by atoms with van der Waals surface area (Å²) in [6.07, 6.45) is -0.926. The Kier molecular flexibility index (Phi) is 4.99. The summed E-state index contributed by atoms with van der Waals surface area (Å²) in [5, 5.41) is 52.7. The molecule has 3 aliphatic carbocycles. The number of fused-ring (bicyclic) bond motifs is 3. The van der Waals surface area contributed by atoms with Crippen molar-refractivity contribution in [2.75, 3.05) is 0 Å². The van der Waals surface area contributed by atoms with Crippen LogP contribution in [0.15, 0.2) is 29.0 Å². The van der Waals surface area contributed by atoms with Gasteiger partial charge in [-0.3, -0.25) is 14.4 Å². The second-order valence-corrected chi connectivity index (χ2v) is 8.53. The monoisotopic (exact) mass is 438 g/mol. The maximum absolute atomic E-state index is 13.4. The summed E-state index contributed by atoms with van der Waals surface area (Å²) in [7, 11) is 0. The highest BCUT2D eigenvalue weighted by Gasteiger charge is 2.60. The third-order valence-corrected chi connectivity index (χ3v) is 6.47. The van der Waals surface area contributed by atoms with Crippen LogP contribution in [-0.4, -0.2) is 54.6 Å². The van der Waals surface area contributed by atoms with E-state index < -0.39 is 58.0 Å². The predicted molar refractivity (Wildman–Crippen MR) is 111 cm³/mol. The number of allylic oxidation sites excluding steroid dienone is 1. The van der Waals surface area contributed by atoms with E-state index in [2.05, 4.69) is 11.8 Å². The van der Waals surface area contributed by atoms with Gasteiger partial charge >= 0.3 is 0 Å². The average molecular weight is 438 g/mol. The molecule has 0 radical (unpaired) electrons. The lowest BCUT2D eigenvalue weighted by atomic mass is 9.59. The lowest BCUT2D eigenvalue weighted by Gasteiger charge is -2.46. The van der Waals surface area contributed by atoms with Crippen LogP contribution in [-0.2, 0) is 20.8 Å². The van der Waals surface area contributed by atoms with Gasteiger partial charge in [0.1, 0.15) is 28.9 Å². The molecule has 0 aromatic heterocycles. The number of benzene rings is 1. The molecule has 1 saturated carbocycles. The number of rotatable bonds is 1. The fraction of sp³-hybridized carbons (Fsp3) is 0.375. The van der Waals surface area contributed by atoms with Crippen LogP contribution in [0.25, 0.3) is 5.76 Å². The second kappa shape index (κ2) is 7.33. The summed E-state index contributed by atoms with van der Waals surface area (Å²) >= 11 is 0. The number of aromatic hydroxyl groups is 1. The molecule has 0 aliphatic heterocycles. The first-order valence-electron chi connectivity index (χ1n) is 10.2. The summed E-state index contributed by atoms with van der Waals surface area (Å²) in [5.41, 5.74) is -2.36. The Balaban J connectivity index is 1.92. The largest absolute Gasteiger partial charge is 0.508 e. The molecular formula is C24H22O8. The standard InChI is InChI=1S/C24H22O8/c1-10(25)3-4-12-5-6-16(27)20-15(12)8-13-7-14-9-17(28)18(11(2)26)22(30)24(14,32)23(31)19(13)21(20)29/h5-6,10,13-14,25,27,29-30,32H,7-9H2,1-2H3/t10?,13-,14+,24-/m1/s1. The molecule has 166 valence electrons. The van der Waals surface area contributed by atoms with Crippen molar-refractivity contribution < 1.29 is 39.9 Å². The number of aliphatic hydroxyl groups excluding tert-OH is 3. The zero-order valence-corrected chi connectivity index (χ0v) is 17.5. The van der Waals surface area contributed by atoms with Crippen LogP contribution in [0.2, 0.25) is 0 Å². The van der Waals surface area contributed by atoms with Crippen LogP contribution >= 0.6 is 0 Å². The quantitative estimate of drug-likeness (QED) is 0.325. The number of aliphatic hydroxyl groups is 4. The summed E-state index contributed by atoms with van der Waals surface area (Å²) in [5.74, 6) is -0.390. The normalized spacial score (nSPS) is 27.8. The Hall–Kier alpha value is -3.41. The molecule has 32 heavy (non-hydrogen) atoms. The molecule has 0 saturated heterocycles. The number of ketones is 3. The van der Waals surface area contributed by atoms with Crippen molar-refractivity contribution >= 4 is 23.1 Å². The van der Waals surface area contributed by atoms with Crippen LogP contribution < -0.4 is 0 Å². The highest BCUT2D eigenvalue weighted by molar-refractivity contribution is 6.23. The molecule has 1 aromatic rings.